The van der Waals surface area contributed by atoms with Crippen LogP contribution in [-0.2, 0) is 4.79 Å². The van der Waals surface area contributed by atoms with Crippen molar-refractivity contribution in [2.45, 2.75) is 42.8 Å². The quantitative estimate of drug-likeness (QED) is 0.163. The van der Waals surface area contributed by atoms with Crippen LogP contribution in [0, 0.1) is 0 Å². The monoisotopic (exact) mass is 625 g/mol. The Morgan fingerprint density at radius 1 is 1.07 bits per heavy atom. The van der Waals surface area contributed by atoms with E-state index < -0.39 is 37.0 Å². The number of aliphatic hydroxyl groups excluding tert-OH is 6. The summed E-state index contributed by atoms with van der Waals surface area (Å²) < 4.78 is 17.5. The second-order valence-electron chi connectivity index (χ2n) is 9.99. The molecule has 3 aromatic rings. The third kappa shape index (κ3) is 7.28. The number of ether oxygens (including phenoxy) is 2. The molecule has 1 aliphatic rings. The van der Waals surface area contributed by atoms with E-state index in [4.69, 9.17) is 56.1 Å². The van der Waals surface area contributed by atoms with Crippen LogP contribution in [0.15, 0.2) is 45.6 Å². The van der Waals surface area contributed by atoms with Gasteiger partial charge in [0, 0.05) is 35.2 Å². The average Bonchev–Trinajstić information content (AvgIpc) is 3.38. The summed E-state index contributed by atoms with van der Waals surface area (Å²) in [6.45, 7) is -0.0299. The Bertz CT molecular complexity index is 1460. The topological polar surface area (TPSA) is 211 Å². The molecule has 0 amide bonds. The van der Waals surface area contributed by atoms with Crippen molar-refractivity contribution < 1.29 is 54.4 Å². The van der Waals surface area contributed by atoms with Crippen molar-refractivity contribution in [3.63, 3.8) is 0 Å². The van der Waals surface area contributed by atoms with Crippen molar-refractivity contribution in [1.82, 2.24) is 4.90 Å². The number of aliphatic carboxylic acids is 1. The van der Waals surface area contributed by atoms with Gasteiger partial charge >= 0.3 is 5.97 Å². The number of hydrogen-bond acceptors (Lipinski definition) is 12. The van der Waals surface area contributed by atoms with Crippen LogP contribution in [0.25, 0.3) is 22.3 Å². The predicted molar refractivity (Wildman–Crippen MR) is 156 cm³/mol. The number of carbonyl (C=O) groups is 1. The summed E-state index contributed by atoms with van der Waals surface area (Å²) in [5.74, 6) is -0.458. The first-order valence-corrected chi connectivity index (χ1v) is 13.6. The molecule has 0 bridgehead atoms. The highest BCUT2D eigenvalue weighted by Crippen LogP contribution is 2.45. The van der Waals surface area contributed by atoms with Crippen molar-refractivity contribution in [3.05, 3.63) is 57.2 Å². The van der Waals surface area contributed by atoms with Crippen molar-refractivity contribution in [2.24, 2.45) is 0 Å². The van der Waals surface area contributed by atoms with E-state index in [9.17, 15) is 14.7 Å². The lowest BCUT2D eigenvalue weighted by Crippen LogP contribution is -2.48. The lowest BCUT2D eigenvalue weighted by atomic mass is 9.89. The van der Waals surface area contributed by atoms with E-state index in [1.54, 1.807) is 19.2 Å². The molecular weight excluding hydrogens is 590 g/mol. The summed E-state index contributed by atoms with van der Waals surface area (Å²) in [7, 11) is 5.06. The van der Waals surface area contributed by atoms with Gasteiger partial charge in [-0.3, -0.25) is 4.79 Å². The summed E-state index contributed by atoms with van der Waals surface area (Å²) in [5.41, 5.74) is 1.59. The van der Waals surface area contributed by atoms with E-state index >= 15 is 0 Å². The molecule has 1 aromatic heterocycles. The minimum absolute atomic E-state index is 0.00766. The molecular formula is C29H36ClNO12. The summed E-state index contributed by atoms with van der Waals surface area (Å²) >= 11 is 6.36. The number of nitrogens with zero attached hydrogens (tertiary/aromatic N) is 1. The highest BCUT2D eigenvalue weighted by Gasteiger charge is 2.37. The SMILES string of the molecule is COc1cc(OC)c2c(=O)cc(-c3ccccc3Cl)oc2c1[C@H]1CCN(C)[C@@H]1CO.O=C(O)[C@H](O)[C@@H](O)[C@H](O)[C@H](O)CO. The van der Waals surface area contributed by atoms with Crippen LogP contribution >= 0.6 is 11.6 Å². The van der Waals surface area contributed by atoms with Crippen molar-refractivity contribution >= 4 is 28.5 Å². The van der Waals surface area contributed by atoms with Crippen molar-refractivity contribution in [3.8, 4) is 22.8 Å². The van der Waals surface area contributed by atoms with Crippen LogP contribution in [-0.4, -0.2) is 118 Å². The molecule has 1 fully saturated rings. The largest absolute Gasteiger partial charge is 0.496 e. The summed E-state index contributed by atoms with van der Waals surface area (Å²) in [6.07, 6.45) is -7.03. The van der Waals surface area contributed by atoms with Gasteiger partial charge in [-0.1, -0.05) is 23.7 Å². The van der Waals surface area contributed by atoms with Gasteiger partial charge in [-0.05, 0) is 32.1 Å². The molecule has 43 heavy (non-hydrogen) atoms. The number of benzene rings is 2. The van der Waals surface area contributed by atoms with Gasteiger partial charge in [0.15, 0.2) is 11.5 Å². The van der Waals surface area contributed by atoms with Crippen LogP contribution in [0.1, 0.15) is 17.9 Å². The fourth-order valence-electron chi connectivity index (χ4n) is 5.05. The molecule has 0 saturated carbocycles. The standard InChI is InChI=1S/C23H24ClNO5.C6H12O7/c1-25-9-8-14(16(25)12-26)21-19(28-2)11-20(29-3)22-17(27)10-18(30-23(21)22)13-6-4-5-7-15(13)24;7-1-2(8)3(9)4(10)5(11)6(12)13/h4-7,10-11,14,16,26H,8-9,12H2,1-3H3;2-5,7-11H,1H2,(H,12,13)/t14-,16+;2-,3-,4+,5-/m01/s1. The maximum atomic E-state index is 13.2. The molecule has 13 nitrogen and oxygen atoms in total. The summed E-state index contributed by atoms with van der Waals surface area (Å²) in [6, 6.07) is 10.3. The molecule has 4 rings (SSSR count). The third-order valence-electron chi connectivity index (χ3n) is 7.43. The fraction of sp³-hybridized carbons (Fsp3) is 0.448. The number of methoxy groups -OCH3 is 2. The molecule has 0 aliphatic carbocycles. The van der Waals surface area contributed by atoms with Gasteiger partial charge in [0.2, 0.25) is 0 Å². The average molecular weight is 626 g/mol. The van der Waals surface area contributed by atoms with Gasteiger partial charge in [-0.2, -0.15) is 0 Å². The van der Waals surface area contributed by atoms with Gasteiger partial charge in [-0.25, -0.2) is 4.79 Å². The molecule has 7 N–H and O–H groups in total. The number of carboxylic acid groups (broad SMARTS) is 1. The smallest absolute Gasteiger partial charge is 0.335 e. The molecule has 2 aromatic carbocycles. The number of fused-ring (bicyclic) bond motifs is 1. The number of carboxylic acids is 1. The molecule has 236 valence electrons. The van der Waals surface area contributed by atoms with E-state index in [0.29, 0.717) is 38.8 Å². The van der Waals surface area contributed by atoms with Crippen LogP contribution < -0.4 is 14.9 Å². The Morgan fingerprint density at radius 3 is 2.28 bits per heavy atom. The summed E-state index contributed by atoms with van der Waals surface area (Å²) in [5, 5.41) is 62.7. The van der Waals surface area contributed by atoms with E-state index in [1.165, 1.54) is 13.2 Å². The minimum atomic E-state index is -2.20. The van der Waals surface area contributed by atoms with Crippen LogP contribution in [0.2, 0.25) is 5.02 Å². The number of halogens is 1. The van der Waals surface area contributed by atoms with E-state index in [0.717, 1.165) is 18.5 Å². The first-order chi connectivity index (χ1) is 20.4. The minimum Gasteiger partial charge on any atom is -0.496 e. The number of likely N-dealkylation sites (tertiary alicyclic amines) is 1. The maximum Gasteiger partial charge on any atom is 0.335 e. The molecule has 6 atom stereocenters. The second-order valence-corrected chi connectivity index (χ2v) is 10.4. The Balaban J connectivity index is 0.000000331. The van der Waals surface area contributed by atoms with Crippen molar-refractivity contribution in [2.75, 3.05) is 41.0 Å². The maximum absolute atomic E-state index is 13.2. The van der Waals surface area contributed by atoms with Crippen LogP contribution in [0.4, 0.5) is 0 Å². The Kier molecular flexibility index (Phi) is 11.9. The molecule has 2 heterocycles. The van der Waals surface area contributed by atoms with Gasteiger partial charge in [-0.15, -0.1) is 0 Å². The zero-order valence-corrected chi connectivity index (χ0v) is 24.5. The normalized spacial score (nSPS) is 19.7. The van der Waals surface area contributed by atoms with E-state index in [-0.39, 0.29) is 24.0 Å². The number of rotatable bonds is 10. The van der Waals surface area contributed by atoms with Gasteiger partial charge < -0.3 is 54.5 Å². The Morgan fingerprint density at radius 2 is 1.72 bits per heavy atom. The first kappa shape index (κ1) is 34.2. The van der Waals surface area contributed by atoms with Crippen LogP contribution in [0.3, 0.4) is 0 Å². The molecule has 0 radical (unpaired) electrons. The highest BCUT2D eigenvalue weighted by molar-refractivity contribution is 6.33. The second kappa shape index (κ2) is 14.9. The van der Waals surface area contributed by atoms with Gasteiger partial charge in [0.25, 0.3) is 0 Å². The first-order valence-electron chi connectivity index (χ1n) is 13.3. The van der Waals surface area contributed by atoms with E-state index in [2.05, 4.69) is 4.90 Å². The fourth-order valence-corrected chi connectivity index (χ4v) is 5.28. The zero-order valence-electron chi connectivity index (χ0n) is 23.8. The lowest BCUT2D eigenvalue weighted by Gasteiger charge is -2.25. The third-order valence-corrected chi connectivity index (χ3v) is 7.76. The summed E-state index contributed by atoms with van der Waals surface area (Å²) in [4.78, 5) is 25.4. The predicted octanol–water partition coefficient (Wildman–Crippen LogP) is 0.417. The Labute approximate surface area is 251 Å². The highest BCUT2D eigenvalue weighted by atomic mass is 35.5. The molecule has 1 aliphatic heterocycles. The number of aliphatic hydroxyl groups is 6. The molecule has 0 spiro atoms. The number of hydrogen-bond donors (Lipinski definition) is 7. The van der Waals surface area contributed by atoms with E-state index in [1.807, 2.05) is 25.2 Å². The van der Waals surface area contributed by atoms with Crippen molar-refractivity contribution in [1.29, 1.82) is 0 Å². The number of likely N-dealkylation sites (N-methyl/N-ethyl adjacent to an activating group) is 1. The molecule has 0 unspecified atom stereocenters. The Hall–Kier alpha value is -3.27. The lowest BCUT2D eigenvalue weighted by molar-refractivity contribution is -0.164. The van der Waals surface area contributed by atoms with Gasteiger partial charge in [0.05, 0.1) is 32.5 Å². The molecule has 1 saturated heterocycles. The van der Waals surface area contributed by atoms with Crippen LogP contribution in [0.5, 0.6) is 11.5 Å². The van der Waals surface area contributed by atoms with Gasteiger partial charge in [0.1, 0.15) is 46.5 Å². The molecule has 14 heteroatoms. The zero-order chi connectivity index (χ0) is 32.0.